The van der Waals surface area contributed by atoms with Crippen LogP contribution in [-0.4, -0.2) is 50.3 Å². The molecule has 0 spiro atoms. The van der Waals surface area contributed by atoms with Crippen LogP contribution in [0, 0.1) is 11.8 Å². The fraction of sp³-hybridized carbons (Fsp3) is 0.920. The van der Waals surface area contributed by atoms with E-state index in [2.05, 4.69) is 24.1 Å². The zero-order valence-corrected chi connectivity index (χ0v) is 20.1. The predicted molar refractivity (Wildman–Crippen MR) is 123 cm³/mol. The van der Waals surface area contributed by atoms with Crippen LogP contribution in [0.15, 0.2) is 12.7 Å². The summed E-state index contributed by atoms with van der Waals surface area (Å²) in [6, 6.07) is 0. The van der Waals surface area contributed by atoms with Crippen LogP contribution in [0.3, 0.4) is 0 Å². The van der Waals surface area contributed by atoms with E-state index in [1.165, 1.54) is 44.9 Å². The summed E-state index contributed by atoms with van der Waals surface area (Å²) in [6.07, 6.45) is 13.9. The van der Waals surface area contributed by atoms with Gasteiger partial charge in [0.2, 0.25) is 0 Å². The highest BCUT2D eigenvalue weighted by atomic mass is 16.8. The lowest BCUT2D eigenvalue weighted by atomic mass is 9.78. The lowest BCUT2D eigenvalue weighted by Gasteiger charge is -2.39. The summed E-state index contributed by atoms with van der Waals surface area (Å²) in [5.41, 5.74) is 0. The van der Waals surface area contributed by atoms with Crippen LogP contribution in [0.5, 0.6) is 0 Å². The molecular weight excluding hydrogens is 392 g/mol. The standard InChI is InChI=1S/C25H46N2O4/c1-5-7-8-9-10-11-16-28-24-26-17-20(18-27-24)19-12-14-21(15-13-19)29-23-22(6-2)30-25(3,4)31-23/h6,19-24,26-27H,2,5,7-18H2,1,3-4H3. The second-order valence-electron chi connectivity index (χ2n) is 9.97. The van der Waals surface area contributed by atoms with Crippen LogP contribution in [0.25, 0.3) is 0 Å². The van der Waals surface area contributed by atoms with E-state index in [9.17, 15) is 0 Å². The molecule has 0 aromatic heterocycles. The van der Waals surface area contributed by atoms with E-state index in [1.54, 1.807) is 6.08 Å². The molecule has 1 saturated carbocycles. The molecule has 1 aliphatic carbocycles. The first-order valence-corrected chi connectivity index (χ1v) is 12.7. The molecular formula is C25H46N2O4. The lowest BCUT2D eigenvalue weighted by molar-refractivity contribution is -0.209. The first kappa shape index (κ1) is 25.1. The van der Waals surface area contributed by atoms with Crippen LogP contribution in [0.4, 0.5) is 0 Å². The monoisotopic (exact) mass is 438 g/mol. The highest BCUT2D eigenvalue weighted by Gasteiger charge is 2.42. The molecule has 2 aliphatic heterocycles. The SMILES string of the molecule is C=CC1OC(C)(C)OC1OC1CCC(C2CNC(OCCCCCCCC)NC2)CC1. The van der Waals surface area contributed by atoms with Crippen molar-refractivity contribution in [1.82, 2.24) is 10.6 Å². The molecule has 31 heavy (non-hydrogen) atoms. The van der Waals surface area contributed by atoms with Crippen molar-refractivity contribution in [2.24, 2.45) is 11.8 Å². The highest BCUT2D eigenvalue weighted by Crippen LogP contribution is 2.36. The topological polar surface area (TPSA) is 61.0 Å². The molecule has 180 valence electrons. The van der Waals surface area contributed by atoms with Gasteiger partial charge in [0.05, 0.1) is 12.7 Å². The van der Waals surface area contributed by atoms with Crippen molar-refractivity contribution in [3.63, 3.8) is 0 Å². The first-order chi connectivity index (χ1) is 15.0. The Bertz CT molecular complexity index is 514. The predicted octanol–water partition coefficient (Wildman–Crippen LogP) is 4.70. The van der Waals surface area contributed by atoms with Crippen LogP contribution in [-0.2, 0) is 18.9 Å². The van der Waals surface area contributed by atoms with E-state index in [1.807, 2.05) is 13.8 Å². The maximum absolute atomic E-state index is 6.26. The van der Waals surface area contributed by atoms with Gasteiger partial charge in [0.1, 0.15) is 6.10 Å². The number of hydrogen-bond acceptors (Lipinski definition) is 6. The molecule has 3 rings (SSSR count). The summed E-state index contributed by atoms with van der Waals surface area (Å²) in [5.74, 6) is 0.806. The Kier molecular flexibility index (Phi) is 10.3. The summed E-state index contributed by atoms with van der Waals surface area (Å²) < 4.78 is 24.0. The van der Waals surface area contributed by atoms with Crippen LogP contribution >= 0.6 is 0 Å². The van der Waals surface area contributed by atoms with Crippen molar-refractivity contribution in [2.45, 2.75) is 116 Å². The molecule has 6 nitrogen and oxygen atoms in total. The molecule has 0 aromatic rings. The maximum atomic E-state index is 6.26. The number of hydrogen-bond donors (Lipinski definition) is 2. The second-order valence-corrected chi connectivity index (χ2v) is 9.97. The summed E-state index contributed by atoms with van der Waals surface area (Å²) in [6.45, 7) is 12.9. The molecule has 2 saturated heterocycles. The summed E-state index contributed by atoms with van der Waals surface area (Å²) in [7, 11) is 0. The number of rotatable bonds is 12. The zero-order valence-electron chi connectivity index (χ0n) is 20.1. The van der Waals surface area contributed by atoms with Gasteiger partial charge in [-0.3, -0.25) is 10.6 Å². The van der Waals surface area contributed by atoms with Gasteiger partial charge in [-0.1, -0.05) is 45.1 Å². The van der Waals surface area contributed by atoms with Crippen molar-refractivity contribution in [2.75, 3.05) is 19.7 Å². The summed E-state index contributed by atoms with van der Waals surface area (Å²) in [5, 5.41) is 7.12. The van der Waals surface area contributed by atoms with Gasteiger partial charge in [-0.05, 0) is 57.8 Å². The van der Waals surface area contributed by atoms with Gasteiger partial charge in [0.25, 0.3) is 0 Å². The van der Waals surface area contributed by atoms with Crippen LogP contribution in [0.1, 0.15) is 85.0 Å². The van der Waals surface area contributed by atoms with Gasteiger partial charge < -0.3 is 18.9 Å². The third-order valence-corrected chi connectivity index (χ3v) is 6.95. The normalized spacial score (nSPS) is 35.8. The number of unbranched alkanes of at least 4 members (excludes halogenated alkanes) is 5. The Morgan fingerprint density at radius 3 is 2.29 bits per heavy atom. The molecule has 2 heterocycles. The van der Waals surface area contributed by atoms with E-state index in [-0.39, 0.29) is 24.8 Å². The minimum Gasteiger partial charge on any atom is -0.350 e. The highest BCUT2D eigenvalue weighted by molar-refractivity contribution is 4.90. The van der Waals surface area contributed by atoms with Gasteiger partial charge in [0, 0.05) is 13.1 Å². The van der Waals surface area contributed by atoms with Crippen LogP contribution in [0.2, 0.25) is 0 Å². The molecule has 0 bridgehead atoms. The Labute approximate surface area is 189 Å². The average molecular weight is 439 g/mol. The summed E-state index contributed by atoms with van der Waals surface area (Å²) >= 11 is 0. The van der Waals surface area contributed by atoms with E-state index >= 15 is 0 Å². The largest absolute Gasteiger partial charge is 0.350 e. The molecule has 0 radical (unpaired) electrons. The fourth-order valence-corrected chi connectivity index (χ4v) is 5.10. The van der Waals surface area contributed by atoms with Gasteiger partial charge in [0.15, 0.2) is 18.4 Å². The Morgan fingerprint density at radius 1 is 0.935 bits per heavy atom. The van der Waals surface area contributed by atoms with E-state index in [4.69, 9.17) is 18.9 Å². The Balaban J connectivity index is 1.27. The quantitative estimate of drug-likeness (QED) is 0.340. The first-order valence-electron chi connectivity index (χ1n) is 12.7. The fourth-order valence-electron chi connectivity index (χ4n) is 5.10. The molecule has 2 unspecified atom stereocenters. The lowest BCUT2D eigenvalue weighted by Crippen LogP contribution is -2.56. The minimum absolute atomic E-state index is 0.0188. The molecule has 2 atom stereocenters. The zero-order chi connectivity index (χ0) is 22.1. The number of ether oxygens (including phenoxy) is 4. The third kappa shape index (κ3) is 8.09. The van der Waals surface area contributed by atoms with Gasteiger partial charge in [-0.2, -0.15) is 0 Å². The van der Waals surface area contributed by atoms with Crippen molar-refractivity contribution in [3.8, 4) is 0 Å². The molecule has 0 aromatic carbocycles. The minimum atomic E-state index is -0.603. The molecule has 2 N–H and O–H groups in total. The van der Waals surface area contributed by atoms with Crippen molar-refractivity contribution in [1.29, 1.82) is 0 Å². The Morgan fingerprint density at radius 2 is 1.61 bits per heavy atom. The van der Waals surface area contributed by atoms with Crippen molar-refractivity contribution < 1.29 is 18.9 Å². The number of nitrogens with one attached hydrogen (secondary N) is 2. The maximum Gasteiger partial charge on any atom is 0.191 e. The summed E-state index contributed by atoms with van der Waals surface area (Å²) in [4.78, 5) is 0. The third-order valence-electron chi connectivity index (χ3n) is 6.95. The van der Waals surface area contributed by atoms with E-state index in [0.717, 1.165) is 44.9 Å². The average Bonchev–Trinajstić information content (AvgIpc) is 3.07. The van der Waals surface area contributed by atoms with Gasteiger partial charge in [-0.15, -0.1) is 6.58 Å². The molecule has 3 aliphatic rings. The van der Waals surface area contributed by atoms with Crippen molar-refractivity contribution >= 4 is 0 Å². The van der Waals surface area contributed by atoms with E-state index in [0.29, 0.717) is 5.92 Å². The smallest absolute Gasteiger partial charge is 0.191 e. The van der Waals surface area contributed by atoms with Gasteiger partial charge in [-0.25, -0.2) is 0 Å². The van der Waals surface area contributed by atoms with Crippen molar-refractivity contribution in [3.05, 3.63) is 12.7 Å². The van der Waals surface area contributed by atoms with E-state index < -0.39 is 5.79 Å². The molecule has 3 fully saturated rings. The van der Waals surface area contributed by atoms with Crippen LogP contribution < -0.4 is 10.6 Å². The molecule has 0 amide bonds. The Hall–Kier alpha value is -0.500. The molecule has 6 heteroatoms. The second kappa shape index (κ2) is 12.7. The van der Waals surface area contributed by atoms with Gasteiger partial charge >= 0.3 is 0 Å².